The molecule has 1 N–H and O–H groups in total. The normalized spacial score (nSPS) is 18.9. The molecule has 110 valence electrons. The number of carbonyl (C=O) groups excluding carboxylic acids is 1. The van der Waals surface area contributed by atoms with Gasteiger partial charge in [-0.05, 0) is 17.7 Å². The highest BCUT2D eigenvalue weighted by Gasteiger charge is 2.19. The predicted molar refractivity (Wildman–Crippen MR) is 80.2 cm³/mol. The monoisotopic (exact) mass is 316 g/mol. The van der Waals surface area contributed by atoms with Crippen LogP contribution in [0, 0.1) is 0 Å². The fourth-order valence-corrected chi connectivity index (χ4v) is 2.44. The number of carbonyl (C=O) groups is 1. The third kappa shape index (κ3) is 4.35. The van der Waals surface area contributed by atoms with Crippen LogP contribution in [0.25, 0.3) is 0 Å². The van der Waals surface area contributed by atoms with Crippen molar-refractivity contribution in [2.75, 3.05) is 26.8 Å². The average molecular weight is 317 g/mol. The Kier molecular flexibility index (Phi) is 5.66. The Balaban J connectivity index is 1.88. The van der Waals surface area contributed by atoms with E-state index in [1.165, 1.54) is 0 Å². The Hall–Kier alpha value is -0.810. The molecule has 1 aliphatic rings. The number of benzene rings is 1. The molecule has 1 aromatic rings. The molecule has 0 saturated carbocycles. The summed E-state index contributed by atoms with van der Waals surface area (Å²) in [6, 6.07) is 5.51. The first kappa shape index (κ1) is 15.6. The first-order chi connectivity index (χ1) is 9.56. The van der Waals surface area contributed by atoms with E-state index < -0.39 is 0 Å². The lowest BCUT2D eigenvalue weighted by atomic mass is 10.1. The zero-order chi connectivity index (χ0) is 14.5. The van der Waals surface area contributed by atoms with Gasteiger partial charge in [-0.2, -0.15) is 0 Å². The van der Waals surface area contributed by atoms with E-state index in [1.807, 2.05) is 6.07 Å². The van der Waals surface area contributed by atoms with Crippen LogP contribution in [0.4, 0.5) is 0 Å². The number of hydrogen-bond donors (Lipinski definition) is 1. The van der Waals surface area contributed by atoms with Gasteiger partial charge in [-0.25, -0.2) is 0 Å². The molecule has 0 aliphatic carbocycles. The van der Waals surface area contributed by atoms with Gasteiger partial charge in [0.2, 0.25) is 5.91 Å². The van der Waals surface area contributed by atoms with Crippen molar-refractivity contribution >= 4 is 29.1 Å². The first-order valence-electron chi connectivity index (χ1n) is 6.55. The number of rotatable bonds is 4. The zero-order valence-corrected chi connectivity index (χ0v) is 12.9. The summed E-state index contributed by atoms with van der Waals surface area (Å²) >= 11 is 11.8. The van der Waals surface area contributed by atoms with E-state index in [4.69, 9.17) is 27.9 Å². The maximum atomic E-state index is 12.1. The van der Waals surface area contributed by atoms with Gasteiger partial charge in [0.05, 0.1) is 23.3 Å². The number of morpholine rings is 1. The highest BCUT2D eigenvalue weighted by molar-refractivity contribution is 6.42. The molecule has 1 atom stereocenters. The highest BCUT2D eigenvalue weighted by atomic mass is 35.5. The number of ether oxygens (including phenoxy) is 1. The van der Waals surface area contributed by atoms with Gasteiger partial charge in [0.15, 0.2) is 0 Å². The summed E-state index contributed by atoms with van der Waals surface area (Å²) in [4.78, 5) is 13.8. The van der Waals surface area contributed by atoms with Gasteiger partial charge in [0.1, 0.15) is 0 Å². The van der Waals surface area contributed by atoms with Gasteiger partial charge < -0.3 is 15.0 Å². The first-order valence-corrected chi connectivity index (χ1v) is 7.31. The van der Waals surface area contributed by atoms with E-state index in [9.17, 15) is 4.79 Å². The molecule has 2 rings (SSSR count). The summed E-state index contributed by atoms with van der Waals surface area (Å²) in [7, 11) is 1.79. The average Bonchev–Trinajstić information content (AvgIpc) is 2.44. The molecule has 0 aromatic heterocycles. The third-order valence-electron chi connectivity index (χ3n) is 3.25. The van der Waals surface area contributed by atoms with Crippen LogP contribution in [0.15, 0.2) is 18.2 Å². The van der Waals surface area contributed by atoms with E-state index in [1.54, 1.807) is 24.1 Å². The van der Waals surface area contributed by atoms with Crippen LogP contribution in [-0.4, -0.2) is 43.7 Å². The summed E-state index contributed by atoms with van der Waals surface area (Å²) in [6.07, 6.45) is 0.442. The second-order valence-electron chi connectivity index (χ2n) is 4.93. The van der Waals surface area contributed by atoms with Crippen LogP contribution in [0.5, 0.6) is 0 Å². The Morgan fingerprint density at radius 2 is 2.25 bits per heavy atom. The topological polar surface area (TPSA) is 41.6 Å². The van der Waals surface area contributed by atoms with Crippen molar-refractivity contribution in [2.24, 2.45) is 0 Å². The largest absolute Gasteiger partial charge is 0.378 e. The number of halogens is 2. The van der Waals surface area contributed by atoms with Crippen LogP contribution < -0.4 is 5.32 Å². The van der Waals surface area contributed by atoms with E-state index in [0.29, 0.717) is 36.2 Å². The molecule has 4 nitrogen and oxygen atoms in total. The molecule has 20 heavy (non-hydrogen) atoms. The maximum absolute atomic E-state index is 12.1. The van der Waals surface area contributed by atoms with Crippen LogP contribution in [0.2, 0.25) is 10.0 Å². The maximum Gasteiger partial charge on any atom is 0.224 e. The van der Waals surface area contributed by atoms with Crippen molar-refractivity contribution in [1.82, 2.24) is 10.2 Å². The summed E-state index contributed by atoms with van der Waals surface area (Å²) in [5, 5.41) is 4.30. The minimum atomic E-state index is 0.0825. The third-order valence-corrected chi connectivity index (χ3v) is 3.99. The lowest BCUT2D eigenvalue weighted by Gasteiger charge is -2.25. The van der Waals surface area contributed by atoms with Gasteiger partial charge in [-0.1, -0.05) is 29.3 Å². The fourth-order valence-electron chi connectivity index (χ4n) is 2.12. The Bertz CT molecular complexity index is 476. The predicted octanol–water partition coefficient (Wildman–Crippen LogP) is 2.33. The van der Waals surface area contributed by atoms with E-state index in [2.05, 4.69) is 5.32 Å². The molecule has 1 aromatic carbocycles. The minimum absolute atomic E-state index is 0.0825. The van der Waals surface area contributed by atoms with Crippen molar-refractivity contribution < 1.29 is 9.53 Å². The highest BCUT2D eigenvalue weighted by Crippen LogP contribution is 2.23. The molecule has 1 heterocycles. The van der Waals surface area contributed by atoms with Gasteiger partial charge >= 0.3 is 0 Å². The van der Waals surface area contributed by atoms with Crippen LogP contribution in [0.3, 0.4) is 0 Å². The van der Waals surface area contributed by atoms with Crippen molar-refractivity contribution in [3.63, 3.8) is 0 Å². The quantitative estimate of drug-likeness (QED) is 0.927. The summed E-state index contributed by atoms with van der Waals surface area (Å²) in [5.41, 5.74) is 0.961. The lowest BCUT2D eigenvalue weighted by Crippen LogP contribution is -2.44. The van der Waals surface area contributed by atoms with Crippen molar-refractivity contribution in [1.29, 1.82) is 0 Å². The van der Waals surface area contributed by atoms with Crippen LogP contribution in [-0.2, 0) is 16.1 Å². The standard InChI is InChI=1S/C14H18Cl2N2O2/c1-18(8-10-2-3-12(15)13(16)6-10)14(19)7-11-9-20-5-4-17-11/h2-3,6,11,17H,4-5,7-9H2,1H3. The second-order valence-corrected chi connectivity index (χ2v) is 5.74. The lowest BCUT2D eigenvalue weighted by molar-refractivity contribution is -0.131. The number of hydrogen-bond acceptors (Lipinski definition) is 3. The van der Waals surface area contributed by atoms with Crippen molar-refractivity contribution in [3.8, 4) is 0 Å². The molecule has 6 heteroatoms. The van der Waals surface area contributed by atoms with E-state index in [-0.39, 0.29) is 11.9 Å². The molecule has 1 unspecified atom stereocenters. The Morgan fingerprint density at radius 1 is 1.45 bits per heavy atom. The second kappa shape index (κ2) is 7.27. The number of nitrogens with one attached hydrogen (secondary N) is 1. The molecule has 1 saturated heterocycles. The molecule has 1 fully saturated rings. The smallest absolute Gasteiger partial charge is 0.224 e. The fraction of sp³-hybridized carbons (Fsp3) is 0.500. The summed E-state index contributed by atoms with van der Waals surface area (Å²) < 4.78 is 5.34. The molecule has 0 radical (unpaired) electrons. The Morgan fingerprint density at radius 3 is 2.90 bits per heavy atom. The van der Waals surface area contributed by atoms with E-state index in [0.717, 1.165) is 12.1 Å². The van der Waals surface area contributed by atoms with E-state index >= 15 is 0 Å². The zero-order valence-electron chi connectivity index (χ0n) is 11.4. The molecule has 1 aliphatic heterocycles. The SMILES string of the molecule is CN(Cc1ccc(Cl)c(Cl)c1)C(=O)CC1COCCN1. The molecule has 1 amide bonds. The van der Waals surface area contributed by atoms with Gasteiger partial charge in [0, 0.05) is 32.6 Å². The van der Waals surface area contributed by atoms with Crippen LogP contribution >= 0.6 is 23.2 Å². The molecular formula is C14H18Cl2N2O2. The summed E-state index contributed by atoms with van der Waals surface area (Å²) in [6.45, 7) is 2.62. The van der Waals surface area contributed by atoms with Gasteiger partial charge in [-0.3, -0.25) is 4.79 Å². The Labute approximate surface area is 129 Å². The number of nitrogens with zero attached hydrogens (tertiary/aromatic N) is 1. The summed E-state index contributed by atoms with van der Waals surface area (Å²) in [5.74, 6) is 0.0825. The van der Waals surface area contributed by atoms with Crippen LogP contribution in [0.1, 0.15) is 12.0 Å². The molecule has 0 bridgehead atoms. The minimum Gasteiger partial charge on any atom is -0.378 e. The molecule has 0 spiro atoms. The van der Waals surface area contributed by atoms with Crippen molar-refractivity contribution in [2.45, 2.75) is 19.0 Å². The van der Waals surface area contributed by atoms with Gasteiger partial charge in [-0.15, -0.1) is 0 Å². The van der Waals surface area contributed by atoms with Gasteiger partial charge in [0.25, 0.3) is 0 Å². The van der Waals surface area contributed by atoms with Crippen molar-refractivity contribution in [3.05, 3.63) is 33.8 Å². The molecular weight excluding hydrogens is 299 g/mol. The number of amides is 1.